The number of hydrogen-bond donors (Lipinski definition) is 1. The van der Waals surface area contributed by atoms with Gasteiger partial charge in [-0.1, -0.05) is 26.0 Å². The average Bonchev–Trinajstić information content (AvgIpc) is 2.47. The molecule has 114 valence electrons. The summed E-state index contributed by atoms with van der Waals surface area (Å²) >= 11 is 0. The van der Waals surface area contributed by atoms with Crippen molar-refractivity contribution in [3.05, 3.63) is 29.8 Å². The normalized spacial score (nSPS) is 22.9. The Balaban J connectivity index is 2.38. The highest BCUT2D eigenvalue weighted by molar-refractivity contribution is 5.35. The number of ether oxygens (including phenoxy) is 1. The zero-order valence-electron chi connectivity index (χ0n) is 13.4. The zero-order chi connectivity index (χ0) is 15.7. The molecule has 1 N–H and O–H groups in total. The fourth-order valence-electron chi connectivity index (χ4n) is 3.26. The first kappa shape index (κ1) is 15.9. The van der Waals surface area contributed by atoms with Gasteiger partial charge in [0.2, 0.25) is 0 Å². The Morgan fingerprint density at radius 3 is 2.38 bits per heavy atom. The molecule has 1 aromatic carbocycles. The number of aliphatic hydroxyl groups is 1. The van der Waals surface area contributed by atoms with Gasteiger partial charge in [0.05, 0.1) is 18.6 Å². The Kier molecular flexibility index (Phi) is 4.04. The van der Waals surface area contributed by atoms with E-state index in [1.54, 1.807) is 14.0 Å². The zero-order valence-corrected chi connectivity index (χ0v) is 13.4. The van der Waals surface area contributed by atoms with Crippen molar-refractivity contribution in [1.82, 2.24) is 0 Å². The molecule has 1 unspecified atom stereocenters. The number of benzene rings is 1. The molecule has 1 aliphatic rings. The van der Waals surface area contributed by atoms with Crippen molar-refractivity contribution in [1.29, 1.82) is 5.26 Å². The molecule has 0 bridgehead atoms. The van der Waals surface area contributed by atoms with Crippen LogP contribution in [-0.4, -0.2) is 12.2 Å². The predicted octanol–water partition coefficient (Wildman–Crippen LogP) is 4.01. The van der Waals surface area contributed by atoms with Crippen LogP contribution in [0, 0.1) is 22.2 Å². The van der Waals surface area contributed by atoms with Crippen LogP contribution in [0.25, 0.3) is 0 Å². The van der Waals surface area contributed by atoms with E-state index in [-0.39, 0.29) is 5.41 Å². The Morgan fingerprint density at radius 2 is 1.86 bits per heavy atom. The lowest BCUT2D eigenvalue weighted by Gasteiger charge is -2.47. The second kappa shape index (κ2) is 5.35. The quantitative estimate of drug-likeness (QED) is 0.913. The topological polar surface area (TPSA) is 53.2 Å². The van der Waals surface area contributed by atoms with Gasteiger partial charge >= 0.3 is 0 Å². The monoisotopic (exact) mass is 287 g/mol. The highest BCUT2D eigenvalue weighted by Crippen LogP contribution is 2.53. The first-order valence-corrected chi connectivity index (χ1v) is 7.55. The third kappa shape index (κ3) is 2.78. The number of rotatable bonds is 3. The van der Waals surface area contributed by atoms with Crippen molar-refractivity contribution in [2.45, 2.75) is 52.1 Å². The van der Waals surface area contributed by atoms with Gasteiger partial charge < -0.3 is 9.84 Å². The summed E-state index contributed by atoms with van der Waals surface area (Å²) in [5, 5.41) is 21.0. The minimum Gasteiger partial charge on any atom is -0.497 e. The SMILES string of the molecule is COc1cccc(C(C)(O)C2(C#N)CCC(C)(C)CC2)c1. The van der Waals surface area contributed by atoms with Crippen molar-refractivity contribution in [3.8, 4) is 11.8 Å². The maximum atomic E-state index is 11.2. The summed E-state index contributed by atoms with van der Waals surface area (Å²) in [6, 6.07) is 9.86. The second-order valence-electron chi connectivity index (χ2n) is 7.16. The molecule has 0 amide bonds. The van der Waals surface area contributed by atoms with Gasteiger partial charge in [0.25, 0.3) is 0 Å². The summed E-state index contributed by atoms with van der Waals surface area (Å²) in [6.45, 7) is 6.23. The summed E-state index contributed by atoms with van der Waals surface area (Å²) in [4.78, 5) is 0. The molecule has 3 heteroatoms. The van der Waals surface area contributed by atoms with Crippen molar-refractivity contribution in [2.75, 3.05) is 7.11 Å². The van der Waals surface area contributed by atoms with Gasteiger partial charge in [-0.3, -0.25) is 0 Å². The van der Waals surface area contributed by atoms with E-state index >= 15 is 0 Å². The third-order valence-corrected chi connectivity index (χ3v) is 5.23. The standard InChI is InChI=1S/C18H25NO2/c1-16(2)8-10-18(13-19,11-9-16)17(3,20)14-6-5-7-15(12-14)21-4/h5-7,12,20H,8-11H2,1-4H3. The lowest BCUT2D eigenvalue weighted by molar-refractivity contribution is -0.0774. The minimum absolute atomic E-state index is 0.255. The van der Waals surface area contributed by atoms with Gasteiger partial charge in [0.15, 0.2) is 0 Å². The Hall–Kier alpha value is -1.53. The fourth-order valence-corrected chi connectivity index (χ4v) is 3.26. The van der Waals surface area contributed by atoms with Crippen molar-refractivity contribution < 1.29 is 9.84 Å². The molecule has 0 aliphatic heterocycles. The van der Waals surface area contributed by atoms with Crippen LogP contribution in [0.5, 0.6) is 5.75 Å². The fraction of sp³-hybridized carbons (Fsp3) is 0.611. The molecule has 0 aromatic heterocycles. The second-order valence-corrected chi connectivity index (χ2v) is 7.16. The van der Waals surface area contributed by atoms with Crippen LogP contribution in [-0.2, 0) is 5.60 Å². The summed E-state index contributed by atoms with van der Waals surface area (Å²) in [5.74, 6) is 0.706. The van der Waals surface area contributed by atoms with Gasteiger partial charge in [-0.15, -0.1) is 0 Å². The van der Waals surface area contributed by atoms with E-state index < -0.39 is 11.0 Å². The molecular formula is C18H25NO2. The van der Waals surface area contributed by atoms with E-state index in [1.807, 2.05) is 24.3 Å². The van der Waals surface area contributed by atoms with Gasteiger partial charge in [-0.2, -0.15) is 5.26 Å². The molecule has 1 saturated carbocycles. The Bertz CT molecular complexity index is 545. The minimum atomic E-state index is -1.17. The van der Waals surface area contributed by atoms with Gasteiger partial charge in [0.1, 0.15) is 11.4 Å². The van der Waals surface area contributed by atoms with Gasteiger partial charge in [-0.05, 0) is 55.7 Å². The number of nitriles is 1. The van der Waals surface area contributed by atoms with Crippen LogP contribution in [0.1, 0.15) is 52.0 Å². The lowest BCUT2D eigenvalue weighted by Crippen LogP contribution is -2.46. The Morgan fingerprint density at radius 1 is 1.24 bits per heavy atom. The Labute approximate surface area is 127 Å². The highest BCUT2D eigenvalue weighted by Gasteiger charge is 2.51. The largest absolute Gasteiger partial charge is 0.497 e. The van der Waals surface area contributed by atoms with E-state index in [2.05, 4.69) is 19.9 Å². The molecule has 0 saturated heterocycles. The maximum absolute atomic E-state index is 11.2. The summed E-state index contributed by atoms with van der Waals surface area (Å²) in [7, 11) is 1.61. The molecule has 0 spiro atoms. The van der Waals surface area contributed by atoms with Crippen LogP contribution < -0.4 is 4.74 Å². The predicted molar refractivity (Wildman–Crippen MR) is 82.9 cm³/mol. The van der Waals surface area contributed by atoms with Crippen LogP contribution in [0.15, 0.2) is 24.3 Å². The molecule has 21 heavy (non-hydrogen) atoms. The molecule has 0 heterocycles. The first-order valence-electron chi connectivity index (χ1n) is 7.55. The summed E-state index contributed by atoms with van der Waals surface area (Å²) < 4.78 is 5.24. The van der Waals surface area contributed by atoms with E-state index in [0.717, 1.165) is 31.2 Å². The molecule has 1 aromatic rings. The summed E-state index contributed by atoms with van der Waals surface area (Å²) in [6.07, 6.45) is 3.36. The van der Waals surface area contributed by atoms with Crippen LogP contribution in [0.3, 0.4) is 0 Å². The van der Waals surface area contributed by atoms with Crippen molar-refractivity contribution >= 4 is 0 Å². The average molecular weight is 287 g/mol. The molecule has 2 rings (SSSR count). The van der Waals surface area contributed by atoms with Crippen LogP contribution in [0.2, 0.25) is 0 Å². The van der Waals surface area contributed by atoms with E-state index in [0.29, 0.717) is 5.75 Å². The van der Waals surface area contributed by atoms with Crippen molar-refractivity contribution in [3.63, 3.8) is 0 Å². The number of nitrogens with zero attached hydrogens (tertiary/aromatic N) is 1. The van der Waals surface area contributed by atoms with E-state index in [9.17, 15) is 10.4 Å². The first-order chi connectivity index (χ1) is 9.76. The molecular weight excluding hydrogens is 262 g/mol. The van der Waals surface area contributed by atoms with Gasteiger partial charge in [0, 0.05) is 0 Å². The van der Waals surface area contributed by atoms with Gasteiger partial charge in [-0.25, -0.2) is 0 Å². The number of hydrogen-bond acceptors (Lipinski definition) is 3. The molecule has 3 nitrogen and oxygen atoms in total. The van der Waals surface area contributed by atoms with Crippen LogP contribution in [0.4, 0.5) is 0 Å². The highest BCUT2D eigenvalue weighted by atomic mass is 16.5. The van der Waals surface area contributed by atoms with Crippen molar-refractivity contribution in [2.24, 2.45) is 10.8 Å². The maximum Gasteiger partial charge on any atom is 0.119 e. The molecule has 1 atom stereocenters. The van der Waals surface area contributed by atoms with E-state index in [1.165, 1.54) is 0 Å². The van der Waals surface area contributed by atoms with E-state index in [4.69, 9.17) is 4.74 Å². The van der Waals surface area contributed by atoms with Crippen LogP contribution >= 0.6 is 0 Å². The third-order valence-electron chi connectivity index (χ3n) is 5.23. The smallest absolute Gasteiger partial charge is 0.119 e. The molecule has 1 fully saturated rings. The molecule has 0 radical (unpaired) electrons. The number of methoxy groups -OCH3 is 1. The lowest BCUT2D eigenvalue weighted by atomic mass is 9.58. The molecule has 1 aliphatic carbocycles. The summed E-state index contributed by atoms with van der Waals surface area (Å²) in [5.41, 5.74) is -0.893.